The van der Waals surface area contributed by atoms with Crippen LogP contribution in [0, 0.1) is 17.7 Å². The van der Waals surface area contributed by atoms with Crippen LogP contribution in [0.15, 0.2) is 47.4 Å². The molecule has 39 heavy (non-hydrogen) atoms. The number of nitrogens with one attached hydrogen (secondary N) is 1. The molecular weight excluding hydrogens is 521 g/mol. The molecule has 3 atom stereocenters. The van der Waals surface area contributed by atoms with Gasteiger partial charge in [-0.3, -0.25) is 9.52 Å². The molecule has 0 unspecified atom stereocenters. The summed E-state index contributed by atoms with van der Waals surface area (Å²) in [5.41, 5.74) is 0.410. The maximum absolute atomic E-state index is 13.7. The SMILES string of the molecule is C[C@@H]1CN([C@H](C)CO)C(=O)c2cc(NS(=O)(=O)c3ccc(F)cc3)ccc2O[C@@H]1CN(C)CC1CCCCC1. The number of amides is 1. The smallest absolute Gasteiger partial charge is 0.261 e. The van der Waals surface area contributed by atoms with E-state index in [0.29, 0.717) is 24.8 Å². The van der Waals surface area contributed by atoms with Gasteiger partial charge in [0.1, 0.15) is 17.7 Å². The first-order valence-electron chi connectivity index (χ1n) is 13.8. The number of carbonyl (C=O) groups excluding carboxylic acids is 1. The number of aliphatic hydroxyl groups is 1. The molecule has 0 bridgehead atoms. The fourth-order valence-electron chi connectivity index (χ4n) is 5.52. The van der Waals surface area contributed by atoms with Gasteiger partial charge in [-0.1, -0.05) is 26.2 Å². The minimum absolute atomic E-state index is 0.00145. The number of likely N-dealkylation sites (N-methyl/N-ethyl adjacent to an activating group) is 1. The number of nitrogens with zero attached hydrogens (tertiary/aromatic N) is 2. The zero-order valence-corrected chi connectivity index (χ0v) is 23.8. The monoisotopic (exact) mass is 561 g/mol. The summed E-state index contributed by atoms with van der Waals surface area (Å²) in [4.78, 5) is 17.5. The molecule has 4 rings (SSSR count). The maximum Gasteiger partial charge on any atom is 0.261 e. The van der Waals surface area contributed by atoms with Crippen molar-refractivity contribution >= 4 is 21.6 Å². The van der Waals surface area contributed by atoms with Gasteiger partial charge in [0.25, 0.3) is 15.9 Å². The van der Waals surface area contributed by atoms with E-state index < -0.39 is 21.9 Å². The number of rotatable bonds is 9. The Morgan fingerprint density at radius 1 is 1.13 bits per heavy atom. The van der Waals surface area contributed by atoms with Crippen molar-refractivity contribution in [3.63, 3.8) is 0 Å². The van der Waals surface area contributed by atoms with Gasteiger partial charge in [-0.05, 0) is 75.2 Å². The molecule has 214 valence electrons. The Labute approximate surface area is 231 Å². The molecular formula is C29H40FN3O5S. The fourth-order valence-corrected chi connectivity index (χ4v) is 6.57. The number of aliphatic hydroxyl groups excluding tert-OH is 1. The predicted molar refractivity (Wildman–Crippen MR) is 149 cm³/mol. The van der Waals surface area contributed by atoms with Crippen molar-refractivity contribution in [1.29, 1.82) is 0 Å². The number of halogens is 1. The average molecular weight is 562 g/mol. The third-order valence-electron chi connectivity index (χ3n) is 7.83. The number of carbonyl (C=O) groups is 1. The van der Waals surface area contributed by atoms with Crippen LogP contribution in [-0.4, -0.2) is 74.7 Å². The van der Waals surface area contributed by atoms with Gasteiger partial charge < -0.3 is 19.6 Å². The molecule has 0 aromatic heterocycles. The van der Waals surface area contributed by atoms with Crippen LogP contribution >= 0.6 is 0 Å². The lowest BCUT2D eigenvalue weighted by Gasteiger charge is -2.38. The summed E-state index contributed by atoms with van der Waals surface area (Å²) in [7, 11) is -1.90. The number of hydrogen-bond donors (Lipinski definition) is 2. The lowest BCUT2D eigenvalue weighted by molar-refractivity contribution is 0.0330. The van der Waals surface area contributed by atoms with Crippen LogP contribution in [0.4, 0.5) is 10.1 Å². The number of sulfonamides is 1. The molecule has 1 heterocycles. The van der Waals surface area contributed by atoms with Crippen molar-refractivity contribution in [3.8, 4) is 5.75 Å². The van der Waals surface area contributed by atoms with Crippen molar-refractivity contribution in [1.82, 2.24) is 9.80 Å². The van der Waals surface area contributed by atoms with Crippen LogP contribution in [0.2, 0.25) is 0 Å². The molecule has 1 aliphatic carbocycles. The average Bonchev–Trinajstić information content (AvgIpc) is 2.91. The first kappa shape index (κ1) is 29.3. The highest BCUT2D eigenvalue weighted by Crippen LogP contribution is 2.32. The zero-order valence-electron chi connectivity index (χ0n) is 23.0. The first-order valence-corrected chi connectivity index (χ1v) is 15.2. The first-order chi connectivity index (χ1) is 18.6. The number of anilines is 1. The molecule has 0 spiro atoms. The van der Waals surface area contributed by atoms with Crippen molar-refractivity contribution < 1.29 is 27.4 Å². The molecule has 0 saturated heterocycles. The molecule has 1 aliphatic heterocycles. The van der Waals surface area contributed by atoms with Crippen molar-refractivity contribution in [3.05, 3.63) is 53.8 Å². The molecule has 2 aromatic rings. The van der Waals surface area contributed by atoms with Crippen LogP contribution in [0.5, 0.6) is 5.75 Å². The van der Waals surface area contributed by atoms with Crippen molar-refractivity contribution in [2.24, 2.45) is 11.8 Å². The van der Waals surface area contributed by atoms with Gasteiger partial charge in [-0.25, -0.2) is 12.8 Å². The third-order valence-corrected chi connectivity index (χ3v) is 9.22. The summed E-state index contributed by atoms with van der Waals surface area (Å²) in [6.07, 6.45) is 6.18. The molecule has 1 fully saturated rings. The van der Waals surface area contributed by atoms with E-state index in [1.807, 2.05) is 0 Å². The largest absolute Gasteiger partial charge is 0.488 e. The van der Waals surface area contributed by atoms with Gasteiger partial charge in [-0.2, -0.15) is 0 Å². The van der Waals surface area contributed by atoms with E-state index in [9.17, 15) is 22.7 Å². The lowest BCUT2D eigenvalue weighted by Crippen LogP contribution is -2.50. The second-order valence-electron chi connectivity index (χ2n) is 11.1. The maximum atomic E-state index is 13.7. The van der Waals surface area contributed by atoms with Gasteiger partial charge in [0, 0.05) is 31.2 Å². The van der Waals surface area contributed by atoms with E-state index in [1.54, 1.807) is 24.0 Å². The minimum atomic E-state index is -4.00. The van der Waals surface area contributed by atoms with Gasteiger partial charge in [-0.15, -0.1) is 0 Å². The minimum Gasteiger partial charge on any atom is -0.488 e. The van der Waals surface area contributed by atoms with E-state index in [-0.39, 0.29) is 40.7 Å². The summed E-state index contributed by atoms with van der Waals surface area (Å²) >= 11 is 0. The number of ether oxygens (including phenoxy) is 1. The highest BCUT2D eigenvalue weighted by molar-refractivity contribution is 7.92. The highest BCUT2D eigenvalue weighted by Gasteiger charge is 2.34. The third kappa shape index (κ3) is 7.29. The van der Waals surface area contributed by atoms with Gasteiger partial charge in [0.05, 0.1) is 23.1 Å². The topological polar surface area (TPSA) is 99.2 Å². The van der Waals surface area contributed by atoms with E-state index in [4.69, 9.17) is 4.74 Å². The highest BCUT2D eigenvalue weighted by atomic mass is 32.2. The van der Waals surface area contributed by atoms with Gasteiger partial charge >= 0.3 is 0 Å². The van der Waals surface area contributed by atoms with Crippen LogP contribution in [0.3, 0.4) is 0 Å². The molecule has 2 aromatic carbocycles. The number of fused-ring (bicyclic) bond motifs is 1. The van der Waals surface area contributed by atoms with Crippen LogP contribution in [0.1, 0.15) is 56.3 Å². The molecule has 10 heteroatoms. The van der Waals surface area contributed by atoms with E-state index in [1.165, 1.54) is 50.3 Å². The standard InChI is InChI=1S/C29H40FN3O5S/c1-20-16-33(21(2)19-34)29(35)26-15-24(31-39(36,37)25-12-9-23(30)10-13-25)11-14-27(26)38-28(20)18-32(3)17-22-7-5-4-6-8-22/h9-15,20-22,28,31,34H,4-8,16-19H2,1-3H3/t20-,21-,28-/m1/s1. The van der Waals surface area contributed by atoms with E-state index in [2.05, 4.69) is 23.6 Å². The number of benzene rings is 2. The van der Waals surface area contributed by atoms with Crippen LogP contribution in [0.25, 0.3) is 0 Å². The fraction of sp³-hybridized carbons (Fsp3) is 0.552. The Morgan fingerprint density at radius 3 is 2.49 bits per heavy atom. The molecule has 0 radical (unpaired) electrons. The summed E-state index contributed by atoms with van der Waals surface area (Å²) < 4.78 is 48.0. The van der Waals surface area contributed by atoms with E-state index in [0.717, 1.165) is 18.7 Å². The van der Waals surface area contributed by atoms with Gasteiger partial charge in [0.15, 0.2) is 0 Å². The van der Waals surface area contributed by atoms with Crippen molar-refractivity contribution in [2.45, 2.75) is 63.0 Å². The van der Waals surface area contributed by atoms with Crippen LogP contribution in [-0.2, 0) is 10.0 Å². The predicted octanol–water partition coefficient (Wildman–Crippen LogP) is 4.36. The summed E-state index contributed by atoms with van der Waals surface area (Å²) in [6.45, 7) is 5.73. The summed E-state index contributed by atoms with van der Waals surface area (Å²) in [6, 6.07) is 8.73. The molecule has 1 saturated carbocycles. The van der Waals surface area contributed by atoms with E-state index >= 15 is 0 Å². The Hall–Kier alpha value is -2.69. The zero-order chi connectivity index (χ0) is 28.2. The molecule has 8 nitrogen and oxygen atoms in total. The Morgan fingerprint density at radius 2 is 1.82 bits per heavy atom. The second-order valence-corrected chi connectivity index (χ2v) is 12.8. The molecule has 1 amide bonds. The Balaban J connectivity index is 1.60. The van der Waals surface area contributed by atoms with Crippen LogP contribution < -0.4 is 9.46 Å². The van der Waals surface area contributed by atoms with Gasteiger partial charge in [0.2, 0.25) is 0 Å². The summed E-state index contributed by atoms with van der Waals surface area (Å²) in [5, 5.41) is 9.90. The Kier molecular flexibility index (Phi) is 9.51. The Bertz CT molecular complexity index is 1230. The van der Waals surface area contributed by atoms with Crippen molar-refractivity contribution in [2.75, 3.05) is 38.0 Å². The summed E-state index contributed by atoms with van der Waals surface area (Å²) in [5.74, 6) is 0.187. The quantitative estimate of drug-likeness (QED) is 0.472. The lowest BCUT2D eigenvalue weighted by atomic mass is 9.89. The number of hydrogen-bond acceptors (Lipinski definition) is 6. The normalized spacial score (nSPS) is 21.6. The molecule has 2 N–H and O–H groups in total. The molecule has 2 aliphatic rings. The second kappa shape index (κ2) is 12.7.